The van der Waals surface area contributed by atoms with Crippen molar-refractivity contribution in [3.63, 3.8) is 0 Å². The number of hydrogen-bond acceptors (Lipinski definition) is 4. The smallest absolute Gasteiger partial charge is 0.217 e. The van der Waals surface area contributed by atoms with Crippen molar-refractivity contribution < 1.29 is 9.53 Å². The van der Waals surface area contributed by atoms with E-state index in [0.717, 1.165) is 37.2 Å². The average Bonchev–Trinajstić information content (AvgIpc) is 2.50. The normalized spacial score (nSPS) is 31.1. The second-order valence-corrected chi connectivity index (χ2v) is 6.03. The molecule has 3 aliphatic rings. The van der Waals surface area contributed by atoms with E-state index in [1.165, 1.54) is 0 Å². The minimum absolute atomic E-state index is 0.0577. The van der Waals surface area contributed by atoms with Gasteiger partial charge in [-0.25, -0.2) is 0 Å². The fourth-order valence-electron chi connectivity index (χ4n) is 3.68. The molecule has 21 heavy (non-hydrogen) atoms. The molecular formula is C16H23N3O2. The van der Waals surface area contributed by atoms with Gasteiger partial charge in [0.15, 0.2) is 6.23 Å². The van der Waals surface area contributed by atoms with Crippen LogP contribution in [0.1, 0.15) is 24.8 Å². The molecular weight excluding hydrogens is 266 g/mol. The van der Waals surface area contributed by atoms with Crippen molar-refractivity contribution in [2.45, 2.75) is 32.0 Å². The van der Waals surface area contributed by atoms with Crippen molar-refractivity contribution in [1.82, 2.24) is 4.90 Å². The van der Waals surface area contributed by atoms with Crippen LogP contribution in [0.4, 0.5) is 0 Å². The van der Waals surface area contributed by atoms with Gasteiger partial charge in [0.25, 0.3) is 0 Å². The fourth-order valence-corrected chi connectivity index (χ4v) is 3.68. The molecule has 0 radical (unpaired) electrons. The SMILES string of the molecule is NCc1ccccc1OC1C(CC(N)=O)C2CCN1CC2. The summed E-state index contributed by atoms with van der Waals surface area (Å²) in [5.74, 6) is 1.31. The Morgan fingerprint density at radius 1 is 1.29 bits per heavy atom. The number of para-hydroxylation sites is 1. The molecule has 3 saturated heterocycles. The second kappa shape index (κ2) is 6.03. The Bertz CT molecular complexity index is 512. The lowest BCUT2D eigenvalue weighted by Crippen LogP contribution is -2.58. The maximum absolute atomic E-state index is 11.4. The average molecular weight is 289 g/mol. The van der Waals surface area contributed by atoms with E-state index in [0.29, 0.717) is 18.9 Å². The summed E-state index contributed by atoms with van der Waals surface area (Å²) in [5, 5.41) is 0. The molecule has 0 aliphatic carbocycles. The number of nitrogens with zero attached hydrogens (tertiary/aromatic N) is 1. The van der Waals surface area contributed by atoms with Gasteiger partial charge in [-0.05, 0) is 24.8 Å². The van der Waals surface area contributed by atoms with Gasteiger partial charge in [-0.3, -0.25) is 9.69 Å². The van der Waals surface area contributed by atoms with Crippen LogP contribution < -0.4 is 16.2 Å². The summed E-state index contributed by atoms with van der Waals surface area (Å²) in [7, 11) is 0. The van der Waals surface area contributed by atoms with Crippen LogP contribution in [-0.2, 0) is 11.3 Å². The summed E-state index contributed by atoms with van der Waals surface area (Å²) < 4.78 is 6.26. The Hall–Kier alpha value is -1.59. The number of rotatable bonds is 5. The third-order valence-corrected chi connectivity index (χ3v) is 4.78. The quantitative estimate of drug-likeness (QED) is 0.849. The lowest BCUT2D eigenvalue weighted by molar-refractivity contribution is -0.133. The van der Waals surface area contributed by atoms with Gasteiger partial charge in [-0.1, -0.05) is 18.2 Å². The third-order valence-electron chi connectivity index (χ3n) is 4.78. The first-order valence-electron chi connectivity index (χ1n) is 7.66. The maximum Gasteiger partial charge on any atom is 0.217 e. The number of amides is 1. The van der Waals surface area contributed by atoms with Gasteiger partial charge in [0, 0.05) is 37.5 Å². The Morgan fingerprint density at radius 3 is 2.67 bits per heavy atom. The van der Waals surface area contributed by atoms with Gasteiger partial charge in [0.2, 0.25) is 5.91 Å². The summed E-state index contributed by atoms with van der Waals surface area (Å²) >= 11 is 0. The van der Waals surface area contributed by atoms with Gasteiger partial charge in [0.1, 0.15) is 5.75 Å². The molecule has 0 aromatic heterocycles. The van der Waals surface area contributed by atoms with Crippen molar-refractivity contribution in [3.05, 3.63) is 29.8 Å². The molecule has 5 nitrogen and oxygen atoms in total. The van der Waals surface area contributed by atoms with E-state index in [2.05, 4.69) is 4.90 Å². The van der Waals surface area contributed by atoms with Crippen molar-refractivity contribution >= 4 is 5.91 Å². The summed E-state index contributed by atoms with van der Waals surface area (Å²) in [4.78, 5) is 13.7. The van der Waals surface area contributed by atoms with Crippen LogP contribution in [0.2, 0.25) is 0 Å². The minimum Gasteiger partial charge on any atom is -0.474 e. The molecule has 0 spiro atoms. The molecule has 5 heteroatoms. The highest BCUT2D eigenvalue weighted by Crippen LogP contribution is 2.40. The van der Waals surface area contributed by atoms with E-state index in [9.17, 15) is 4.79 Å². The summed E-state index contributed by atoms with van der Waals surface area (Å²) in [6, 6.07) is 7.85. The van der Waals surface area contributed by atoms with Crippen LogP contribution in [0, 0.1) is 11.8 Å². The maximum atomic E-state index is 11.4. The Balaban J connectivity index is 1.82. The fraction of sp³-hybridized carbons (Fsp3) is 0.562. The van der Waals surface area contributed by atoms with Crippen molar-refractivity contribution in [3.8, 4) is 5.75 Å². The molecule has 1 amide bonds. The number of benzene rings is 1. The predicted octanol–water partition coefficient (Wildman–Crippen LogP) is 1.07. The first kappa shape index (κ1) is 14.4. The van der Waals surface area contributed by atoms with E-state index in [1.54, 1.807) is 0 Å². The Labute approximate surface area is 125 Å². The van der Waals surface area contributed by atoms with Crippen LogP contribution in [0.25, 0.3) is 0 Å². The molecule has 3 aliphatic heterocycles. The number of ether oxygens (including phenoxy) is 1. The first-order chi connectivity index (χ1) is 10.2. The van der Waals surface area contributed by atoms with Gasteiger partial charge in [-0.15, -0.1) is 0 Å². The Morgan fingerprint density at radius 2 is 2.00 bits per heavy atom. The highest BCUT2D eigenvalue weighted by atomic mass is 16.5. The summed E-state index contributed by atoms with van der Waals surface area (Å²) in [6.45, 7) is 2.53. The summed E-state index contributed by atoms with van der Waals surface area (Å²) in [6.07, 6.45) is 2.61. The number of carbonyl (C=O) groups is 1. The van der Waals surface area contributed by atoms with Gasteiger partial charge < -0.3 is 16.2 Å². The molecule has 114 valence electrons. The zero-order valence-corrected chi connectivity index (χ0v) is 12.2. The molecule has 2 atom stereocenters. The van der Waals surface area contributed by atoms with E-state index in [-0.39, 0.29) is 18.1 Å². The van der Waals surface area contributed by atoms with Crippen molar-refractivity contribution in [2.24, 2.45) is 23.3 Å². The highest BCUT2D eigenvalue weighted by molar-refractivity contribution is 5.74. The van der Waals surface area contributed by atoms with Crippen LogP contribution in [0.3, 0.4) is 0 Å². The monoisotopic (exact) mass is 289 g/mol. The van der Waals surface area contributed by atoms with E-state index in [4.69, 9.17) is 16.2 Å². The van der Waals surface area contributed by atoms with E-state index >= 15 is 0 Å². The molecule has 1 aromatic carbocycles. The molecule has 4 N–H and O–H groups in total. The standard InChI is InChI=1S/C16H23N3O2/c17-10-12-3-1-2-4-14(12)21-16-13(9-15(18)20)11-5-7-19(16)8-6-11/h1-4,11,13,16H,5-10,17H2,(H2,18,20). The lowest BCUT2D eigenvalue weighted by atomic mass is 9.76. The number of hydrogen-bond donors (Lipinski definition) is 2. The molecule has 2 unspecified atom stereocenters. The van der Waals surface area contributed by atoms with Gasteiger partial charge >= 0.3 is 0 Å². The van der Waals surface area contributed by atoms with Crippen LogP contribution in [-0.4, -0.2) is 30.1 Å². The minimum atomic E-state index is -0.241. The van der Waals surface area contributed by atoms with Crippen LogP contribution in [0.5, 0.6) is 5.75 Å². The molecule has 2 bridgehead atoms. The number of fused-ring (bicyclic) bond motifs is 3. The number of carbonyl (C=O) groups excluding carboxylic acids is 1. The number of piperidine rings is 3. The topological polar surface area (TPSA) is 81.6 Å². The molecule has 4 rings (SSSR count). The van der Waals surface area contributed by atoms with Crippen LogP contribution in [0.15, 0.2) is 24.3 Å². The number of nitrogens with two attached hydrogens (primary N) is 2. The van der Waals surface area contributed by atoms with E-state index < -0.39 is 0 Å². The molecule has 3 heterocycles. The number of primary amides is 1. The lowest BCUT2D eigenvalue weighted by Gasteiger charge is -2.50. The zero-order chi connectivity index (χ0) is 14.8. The van der Waals surface area contributed by atoms with Gasteiger partial charge in [-0.2, -0.15) is 0 Å². The molecule has 3 fully saturated rings. The summed E-state index contributed by atoms with van der Waals surface area (Å²) in [5.41, 5.74) is 12.2. The van der Waals surface area contributed by atoms with Crippen LogP contribution >= 0.6 is 0 Å². The second-order valence-electron chi connectivity index (χ2n) is 6.03. The highest BCUT2D eigenvalue weighted by Gasteiger charge is 2.44. The Kier molecular flexibility index (Phi) is 4.12. The predicted molar refractivity (Wildman–Crippen MR) is 80.3 cm³/mol. The van der Waals surface area contributed by atoms with Gasteiger partial charge in [0.05, 0.1) is 0 Å². The molecule has 0 saturated carbocycles. The third kappa shape index (κ3) is 2.89. The first-order valence-corrected chi connectivity index (χ1v) is 7.66. The van der Waals surface area contributed by atoms with E-state index in [1.807, 2.05) is 24.3 Å². The van der Waals surface area contributed by atoms with Crippen molar-refractivity contribution in [2.75, 3.05) is 13.1 Å². The largest absolute Gasteiger partial charge is 0.474 e. The van der Waals surface area contributed by atoms with Crippen molar-refractivity contribution in [1.29, 1.82) is 0 Å². The molecule has 1 aromatic rings. The zero-order valence-electron chi connectivity index (χ0n) is 12.2.